The van der Waals surface area contributed by atoms with Crippen molar-refractivity contribution in [1.29, 1.82) is 0 Å². The average molecular weight is 268 g/mol. The maximum atomic E-state index is 6.12. The van der Waals surface area contributed by atoms with E-state index in [-0.39, 0.29) is 0 Å². The van der Waals surface area contributed by atoms with Crippen molar-refractivity contribution in [3.05, 3.63) is 53.6 Å². The van der Waals surface area contributed by atoms with Crippen molar-refractivity contribution in [3.8, 4) is 0 Å². The molecule has 2 aromatic rings. The second kappa shape index (κ2) is 6.00. The predicted molar refractivity (Wildman–Crippen MR) is 88.8 cm³/mol. The SMILES string of the molecule is CCC(C)c1ccc(N(C)c2ccc(C)cc2N)cc1. The van der Waals surface area contributed by atoms with Gasteiger partial charge in [0.15, 0.2) is 0 Å². The highest BCUT2D eigenvalue weighted by atomic mass is 15.1. The van der Waals surface area contributed by atoms with Crippen LogP contribution in [-0.2, 0) is 0 Å². The van der Waals surface area contributed by atoms with Crippen LogP contribution >= 0.6 is 0 Å². The molecular weight excluding hydrogens is 244 g/mol. The van der Waals surface area contributed by atoms with Crippen molar-refractivity contribution in [2.24, 2.45) is 0 Å². The number of rotatable bonds is 4. The van der Waals surface area contributed by atoms with Gasteiger partial charge in [-0.25, -0.2) is 0 Å². The summed E-state index contributed by atoms with van der Waals surface area (Å²) in [6, 6.07) is 14.9. The van der Waals surface area contributed by atoms with Crippen LogP contribution < -0.4 is 10.6 Å². The average Bonchev–Trinajstić information content (AvgIpc) is 2.46. The molecule has 2 heteroatoms. The Balaban J connectivity index is 2.26. The summed E-state index contributed by atoms with van der Waals surface area (Å²) in [6.07, 6.45) is 1.17. The van der Waals surface area contributed by atoms with E-state index >= 15 is 0 Å². The van der Waals surface area contributed by atoms with Gasteiger partial charge in [0.1, 0.15) is 0 Å². The molecule has 0 spiro atoms. The first-order valence-corrected chi connectivity index (χ1v) is 7.22. The number of nitrogens with zero attached hydrogens (tertiary/aromatic N) is 1. The van der Waals surface area contributed by atoms with Crippen LogP contribution in [0.4, 0.5) is 17.1 Å². The Labute approximate surface area is 122 Å². The molecule has 0 aromatic heterocycles. The third-order valence-corrected chi connectivity index (χ3v) is 4.01. The minimum atomic E-state index is 0.610. The topological polar surface area (TPSA) is 29.3 Å². The summed E-state index contributed by atoms with van der Waals surface area (Å²) in [5, 5.41) is 0. The standard InChI is InChI=1S/C18H24N2/c1-5-14(3)15-7-9-16(10-8-15)20(4)18-11-6-13(2)12-17(18)19/h6-12,14H,5,19H2,1-4H3. The van der Waals surface area contributed by atoms with Crippen LogP contribution in [0.5, 0.6) is 0 Å². The van der Waals surface area contributed by atoms with Gasteiger partial charge >= 0.3 is 0 Å². The summed E-state index contributed by atoms with van der Waals surface area (Å²) >= 11 is 0. The Morgan fingerprint density at radius 2 is 1.75 bits per heavy atom. The van der Waals surface area contributed by atoms with E-state index in [0.717, 1.165) is 17.1 Å². The molecule has 0 aliphatic rings. The first-order valence-electron chi connectivity index (χ1n) is 7.22. The lowest BCUT2D eigenvalue weighted by atomic mass is 9.98. The van der Waals surface area contributed by atoms with E-state index in [0.29, 0.717) is 5.92 Å². The molecule has 0 amide bonds. The molecule has 2 N–H and O–H groups in total. The van der Waals surface area contributed by atoms with Gasteiger partial charge in [0.2, 0.25) is 0 Å². The van der Waals surface area contributed by atoms with Crippen molar-refractivity contribution < 1.29 is 0 Å². The molecule has 0 heterocycles. The van der Waals surface area contributed by atoms with Gasteiger partial charge in [-0.05, 0) is 54.7 Å². The molecule has 0 saturated carbocycles. The minimum absolute atomic E-state index is 0.610. The van der Waals surface area contributed by atoms with Crippen LogP contribution in [0.15, 0.2) is 42.5 Å². The maximum absolute atomic E-state index is 6.12. The van der Waals surface area contributed by atoms with Crippen LogP contribution in [0.1, 0.15) is 37.3 Å². The Bertz CT molecular complexity index is 572. The highest BCUT2D eigenvalue weighted by Crippen LogP contribution is 2.30. The van der Waals surface area contributed by atoms with E-state index in [1.54, 1.807) is 0 Å². The molecule has 106 valence electrons. The van der Waals surface area contributed by atoms with E-state index in [9.17, 15) is 0 Å². The first-order chi connectivity index (χ1) is 9.52. The van der Waals surface area contributed by atoms with E-state index in [1.165, 1.54) is 17.5 Å². The van der Waals surface area contributed by atoms with Gasteiger partial charge in [-0.1, -0.05) is 32.0 Å². The molecule has 2 nitrogen and oxygen atoms in total. The second-order valence-corrected chi connectivity index (χ2v) is 5.52. The number of benzene rings is 2. The van der Waals surface area contributed by atoms with Crippen molar-refractivity contribution in [2.45, 2.75) is 33.1 Å². The molecule has 0 aliphatic heterocycles. The Morgan fingerprint density at radius 3 is 2.30 bits per heavy atom. The summed E-state index contributed by atoms with van der Waals surface area (Å²) in [5.74, 6) is 0.610. The molecule has 20 heavy (non-hydrogen) atoms. The third kappa shape index (κ3) is 2.96. The summed E-state index contributed by atoms with van der Waals surface area (Å²) < 4.78 is 0. The number of hydrogen-bond donors (Lipinski definition) is 1. The monoisotopic (exact) mass is 268 g/mol. The lowest BCUT2D eigenvalue weighted by Gasteiger charge is -2.22. The Morgan fingerprint density at radius 1 is 1.10 bits per heavy atom. The van der Waals surface area contributed by atoms with Crippen molar-refractivity contribution >= 4 is 17.1 Å². The summed E-state index contributed by atoms with van der Waals surface area (Å²) in [7, 11) is 2.05. The number of anilines is 3. The van der Waals surface area contributed by atoms with E-state index < -0.39 is 0 Å². The molecule has 1 atom stereocenters. The zero-order valence-corrected chi connectivity index (χ0v) is 12.9. The summed E-state index contributed by atoms with van der Waals surface area (Å²) in [4.78, 5) is 2.13. The fourth-order valence-corrected chi connectivity index (χ4v) is 2.38. The van der Waals surface area contributed by atoms with E-state index in [1.807, 2.05) is 6.07 Å². The van der Waals surface area contributed by atoms with Crippen molar-refractivity contribution in [1.82, 2.24) is 0 Å². The fraction of sp³-hybridized carbons (Fsp3) is 0.333. The zero-order valence-electron chi connectivity index (χ0n) is 12.9. The van der Waals surface area contributed by atoms with Gasteiger partial charge in [-0.3, -0.25) is 0 Å². The first kappa shape index (κ1) is 14.4. The maximum Gasteiger partial charge on any atom is 0.0641 e. The van der Waals surface area contributed by atoms with Crippen LogP contribution in [0.3, 0.4) is 0 Å². The highest BCUT2D eigenvalue weighted by Gasteiger charge is 2.09. The number of nitrogen functional groups attached to an aromatic ring is 1. The van der Waals surface area contributed by atoms with Crippen LogP contribution in [0.2, 0.25) is 0 Å². The molecule has 0 bridgehead atoms. The molecule has 1 unspecified atom stereocenters. The Kier molecular flexibility index (Phi) is 4.33. The van der Waals surface area contributed by atoms with Gasteiger partial charge in [-0.2, -0.15) is 0 Å². The van der Waals surface area contributed by atoms with Crippen LogP contribution in [-0.4, -0.2) is 7.05 Å². The molecule has 2 rings (SSSR count). The third-order valence-electron chi connectivity index (χ3n) is 4.01. The molecule has 0 aliphatic carbocycles. The summed E-state index contributed by atoms with van der Waals surface area (Å²) in [6.45, 7) is 6.54. The smallest absolute Gasteiger partial charge is 0.0641 e. The predicted octanol–water partition coefficient (Wildman–Crippen LogP) is 4.86. The largest absolute Gasteiger partial charge is 0.397 e. The Hall–Kier alpha value is -1.96. The number of aryl methyl sites for hydroxylation is 1. The quantitative estimate of drug-likeness (QED) is 0.802. The number of nitrogens with two attached hydrogens (primary N) is 1. The van der Waals surface area contributed by atoms with Gasteiger partial charge in [0, 0.05) is 12.7 Å². The van der Waals surface area contributed by atoms with Gasteiger partial charge < -0.3 is 10.6 Å². The lowest BCUT2D eigenvalue weighted by molar-refractivity contribution is 0.733. The highest BCUT2D eigenvalue weighted by molar-refractivity contribution is 5.74. The zero-order chi connectivity index (χ0) is 14.7. The van der Waals surface area contributed by atoms with E-state index in [4.69, 9.17) is 5.73 Å². The van der Waals surface area contributed by atoms with Crippen molar-refractivity contribution in [3.63, 3.8) is 0 Å². The van der Waals surface area contributed by atoms with Gasteiger partial charge in [0.05, 0.1) is 11.4 Å². The second-order valence-electron chi connectivity index (χ2n) is 5.52. The van der Waals surface area contributed by atoms with Crippen LogP contribution in [0.25, 0.3) is 0 Å². The molecule has 0 fully saturated rings. The minimum Gasteiger partial charge on any atom is -0.397 e. The molecule has 0 radical (unpaired) electrons. The molecule has 0 saturated heterocycles. The van der Waals surface area contributed by atoms with Gasteiger partial charge in [0.25, 0.3) is 0 Å². The number of hydrogen-bond acceptors (Lipinski definition) is 2. The van der Waals surface area contributed by atoms with E-state index in [2.05, 4.69) is 69.1 Å². The summed E-state index contributed by atoms with van der Waals surface area (Å²) in [5.41, 5.74) is 11.7. The van der Waals surface area contributed by atoms with Gasteiger partial charge in [-0.15, -0.1) is 0 Å². The molecular formula is C18H24N2. The molecule has 2 aromatic carbocycles. The lowest BCUT2D eigenvalue weighted by Crippen LogP contribution is -2.11. The normalized spacial score (nSPS) is 12.2. The fourth-order valence-electron chi connectivity index (χ4n) is 2.38. The van der Waals surface area contributed by atoms with Crippen molar-refractivity contribution in [2.75, 3.05) is 17.7 Å². The van der Waals surface area contributed by atoms with Crippen LogP contribution in [0, 0.1) is 6.92 Å².